The quantitative estimate of drug-likeness (QED) is 0.514. The summed E-state index contributed by atoms with van der Waals surface area (Å²) in [5.41, 5.74) is 0.284. The first kappa shape index (κ1) is 22.7. The highest BCUT2D eigenvalue weighted by Crippen LogP contribution is 2.52. The maximum absolute atomic E-state index is 14.2. The van der Waals surface area contributed by atoms with Crippen LogP contribution >= 0.6 is 0 Å². The van der Waals surface area contributed by atoms with Crippen molar-refractivity contribution in [2.45, 2.75) is 48.5 Å². The van der Waals surface area contributed by atoms with Crippen LogP contribution in [-0.2, 0) is 20.2 Å². The molecule has 5 rings (SSSR count). The van der Waals surface area contributed by atoms with Gasteiger partial charge in [-0.2, -0.15) is 0 Å². The fourth-order valence-electron chi connectivity index (χ4n) is 4.92. The van der Waals surface area contributed by atoms with E-state index in [0.29, 0.717) is 36.7 Å². The molecular formula is C23H24F2N4O4S. The number of hydrogen-bond acceptors (Lipinski definition) is 5. The highest BCUT2D eigenvalue weighted by Gasteiger charge is 2.52. The van der Waals surface area contributed by atoms with Gasteiger partial charge in [0, 0.05) is 18.7 Å². The fraction of sp³-hybridized carbons (Fsp3) is 0.391. The Kier molecular flexibility index (Phi) is 5.56. The van der Waals surface area contributed by atoms with Crippen molar-refractivity contribution in [2.75, 3.05) is 23.1 Å². The summed E-state index contributed by atoms with van der Waals surface area (Å²) in [7, 11) is -4.43. The van der Waals surface area contributed by atoms with E-state index in [1.807, 2.05) is 0 Å². The number of carbonyl (C=O) groups is 2. The van der Waals surface area contributed by atoms with Crippen molar-refractivity contribution >= 4 is 33.2 Å². The second-order valence-corrected chi connectivity index (χ2v) is 10.7. The van der Waals surface area contributed by atoms with Gasteiger partial charge in [-0.15, -0.1) is 0 Å². The van der Waals surface area contributed by atoms with Gasteiger partial charge in [-0.25, -0.2) is 17.2 Å². The van der Waals surface area contributed by atoms with Gasteiger partial charge in [-0.1, -0.05) is 6.42 Å². The van der Waals surface area contributed by atoms with Crippen molar-refractivity contribution in [3.8, 4) is 0 Å². The van der Waals surface area contributed by atoms with Crippen LogP contribution in [0.25, 0.3) is 0 Å². The van der Waals surface area contributed by atoms with E-state index < -0.39 is 37.9 Å². The zero-order valence-electron chi connectivity index (χ0n) is 18.2. The summed E-state index contributed by atoms with van der Waals surface area (Å²) in [6.07, 6.45) is 3.71. The first-order valence-electron chi connectivity index (χ1n) is 11.2. The first-order valence-corrected chi connectivity index (χ1v) is 12.7. The number of benzene rings is 2. The molecule has 1 unspecified atom stereocenters. The summed E-state index contributed by atoms with van der Waals surface area (Å²) in [5, 5.41) is 8.98. The largest absolute Gasteiger partial charge is 0.348 e. The molecule has 2 heterocycles. The molecule has 2 amide bonds. The second kappa shape index (κ2) is 8.31. The van der Waals surface area contributed by atoms with Gasteiger partial charge in [0.1, 0.15) is 16.5 Å². The van der Waals surface area contributed by atoms with Crippen molar-refractivity contribution in [1.29, 1.82) is 0 Å². The molecule has 0 aromatic heterocycles. The first-order chi connectivity index (χ1) is 16.2. The van der Waals surface area contributed by atoms with Gasteiger partial charge in [0.2, 0.25) is 5.91 Å². The minimum Gasteiger partial charge on any atom is -0.348 e. The van der Waals surface area contributed by atoms with E-state index in [1.54, 1.807) is 0 Å². The summed E-state index contributed by atoms with van der Waals surface area (Å²) < 4.78 is 55.5. The summed E-state index contributed by atoms with van der Waals surface area (Å²) in [6.45, 7) is 1.48. The SMILES string of the molecule is O=C(NC1CCCNC1)c1cc(NS(=O)(=O)c2ccc(F)cc2F)cc2c1NC(=O)C21CCC1. The lowest BCUT2D eigenvalue weighted by Gasteiger charge is -2.36. The van der Waals surface area contributed by atoms with Crippen LogP contribution in [0.1, 0.15) is 48.0 Å². The zero-order valence-corrected chi connectivity index (χ0v) is 19.0. The molecule has 2 aliphatic heterocycles. The van der Waals surface area contributed by atoms with Crippen LogP contribution in [-0.4, -0.2) is 39.4 Å². The van der Waals surface area contributed by atoms with Crippen molar-refractivity contribution < 1.29 is 26.8 Å². The molecule has 8 nitrogen and oxygen atoms in total. The van der Waals surface area contributed by atoms with Gasteiger partial charge >= 0.3 is 0 Å². The number of piperidine rings is 1. The lowest BCUT2D eigenvalue weighted by molar-refractivity contribution is -0.123. The van der Waals surface area contributed by atoms with E-state index >= 15 is 0 Å². The summed E-state index contributed by atoms with van der Waals surface area (Å²) in [5.74, 6) is -2.78. The van der Waals surface area contributed by atoms with Gasteiger partial charge in [0.05, 0.1) is 22.4 Å². The third kappa shape index (κ3) is 3.82. The summed E-state index contributed by atoms with van der Waals surface area (Å²) in [6, 6.07) is 4.93. The highest BCUT2D eigenvalue weighted by molar-refractivity contribution is 7.92. The Morgan fingerprint density at radius 1 is 1.12 bits per heavy atom. The number of amides is 2. The highest BCUT2D eigenvalue weighted by atomic mass is 32.2. The van der Waals surface area contributed by atoms with Crippen LogP contribution in [0.3, 0.4) is 0 Å². The molecule has 1 saturated carbocycles. The Labute approximate surface area is 195 Å². The molecule has 1 spiro atoms. The topological polar surface area (TPSA) is 116 Å². The number of sulfonamides is 1. The Bertz CT molecular complexity index is 1290. The van der Waals surface area contributed by atoms with Gasteiger partial charge in [-0.3, -0.25) is 14.3 Å². The standard InChI is InChI=1S/C23H24F2N4O4S/c24-13-4-5-19(18(25)9-13)34(32,33)29-15-10-16(21(30)27-14-3-1-8-26-12-14)20-17(11-15)23(6-2-7-23)22(31)28-20/h4-5,9-11,14,26,29H,1-3,6-8,12H2,(H,27,30)(H,28,31). The molecule has 0 bridgehead atoms. The lowest BCUT2D eigenvalue weighted by Crippen LogP contribution is -2.45. The number of hydrogen-bond donors (Lipinski definition) is 4. The smallest absolute Gasteiger partial charge is 0.264 e. The maximum Gasteiger partial charge on any atom is 0.264 e. The van der Waals surface area contributed by atoms with E-state index in [2.05, 4.69) is 20.7 Å². The summed E-state index contributed by atoms with van der Waals surface area (Å²) >= 11 is 0. The molecule has 180 valence electrons. The van der Waals surface area contributed by atoms with Crippen molar-refractivity contribution in [2.24, 2.45) is 0 Å². The second-order valence-electron chi connectivity index (χ2n) is 9.03. The molecular weight excluding hydrogens is 466 g/mol. The third-order valence-electron chi connectivity index (χ3n) is 6.85. The predicted molar refractivity (Wildman–Crippen MR) is 121 cm³/mol. The molecule has 0 radical (unpaired) electrons. The van der Waals surface area contributed by atoms with E-state index in [9.17, 15) is 26.8 Å². The Balaban J connectivity index is 1.54. The molecule has 3 aliphatic rings. The average Bonchev–Trinajstić information content (AvgIpc) is 3.05. The molecule has 1 aliphatic carbocycles. The normalized spacial score (nSPS) is 20.9. The molecule has 34 heavy (non-hydrogen) atoms. The monoisotopic (exact) mass is 490 g/mol. The van der Waals surface area contributed by atoms with Gasteiger partial charge in [0.15, 0.2) is 0 Å². The van der Waals surface area contributed by atoms with Crippen LogP contribution in [0.2, 0.25) is 0 Å². The van der Waals surface area contributed by atoms with E-state index in [-0.39, 0.29) is 23.2 Å². The van der Waals surface area contributed by atoms with E-state index in [1.165, 1.54) is 12.1 Å². The molecule has 2 fully saturated rings. The van der Waals surface area contributed by atoms with Crippen molar-refractivity contribution in [3.63, 3.8) is 0 Å². The van der Waals surface area contributed by atoms with Crippen molar-refractivity contribution in [1.82, 2.24) is 10.6 Å². The number of nitrogens with one attached hydrogen (secondary N) is 4. The Morgan fingerprint density at radius 3 is 2.56 bits per heavy atom. The van der Waals surface area contributed by atoms with Crippen LogP contribution in [0, 0.1) is 11.6 Å². The molecule has 11 heteroatoms. The number of fused-ring (bicyclic) bond motifs is 2. The van der Waals surface area contributed by atoms with Crippen LogP contribution in [0.5, 0.6) is 0 Å². The Morgan fingerprint density at radius 2 is 1.91 bits per heavy atom. The number of rotatable bonds is 5. The minimum atomic E-state index is -4.43. The lowest BCUT2D eigenvalue weighted by atomic mass is 9.65. The molecule has 1 atom stereocenters. The fourth-order valence-corrected chi connectivity index (χ4v) is 6.02. The van der Waals surface area contributed by atoms with Crippen LogP contribution in [0.15, 0.2) is 35.2 Å². The van der Waals surface area contributed by atoms with Crippen LogP contribution in [0.4, 0.5) is 20.2 Å². The number of carbonyl (C=O) groups excluding carboxylic acids is 2. The minimum absolute atomic E-state index is 0.0252. The van der Waals surface area contributed by atoms with Gasteiger partial charge < -0.3 is 16.0 Å². The molecule has 2 aromatic rings. The van der Waals surface area contributed by atoms with Gasteiger partial charge in [0.25, 0.3) is 15.9 Å². The zero-order chi connectivity index (χ0) is 24.1. The average molecular weight is 491 g/mol. The van der Waals surface area contributed by atoms with E-state index in [0.717, 1.165) is 37.9 Å². The van der Waals surface area contributed by atoms with Gasteiger partial charge in [-0.05, 0) is 62.1 Å². The van der Waals surface area contributed by atoms with Crippen LogP contribution < -0.4 is 20.7 Å². The maximum atomic E-state index is 14.2. The molecule has 2 aromatic carbocycles. The molecule has 1 saturated heterocycles. The summed E-state index contributed by atoms with van der Waals surface area (Å²) in [4.78, 5) is 25.3. The predicted octanol–water partition coefficient (Wildman–Crippen LogP) is 2.62. The Hall–Kier alpha value is -3.05. The van der Waals surface area contributed by atoms with E-state index in [4.69, 9.17) is 0 Å². The molecule has 4 N–H and O–H groups in total. The number of anilines is 2. The third-order valence-corrected chi connectivity index (χ3v) is 8.26. The number of halogens is 2. The van der Waals surface area contributed by atoms with Crippen molar-refractivity contribution in [3.05, 3.63) is 53.1 Å².